The minimum absolute atomic E-state index is 0.115. The molecule has 0 amide bonds. The normalized spacial score (nSPS) is 16.0. The van der Waals surface area contributed by atoms with Gasteiger partial charge in [-0.15, -0.1) is 0 Å². The first kappa shape index (κ1) is 13.0. The number of hydrogen-bond acceptors (Lipinski definition) is 3. The number of rotatable bonds is 3. The van der Waals surface area contributed by atoms with Crippen LogP contribution in [0.25, 0.3) is 11.3 Å². The first-order valence-corrected chi connectivity index (χ1v) is 6.98. The summed E-state index contributed by atoms with van der Waals surface area (Å²) in [4.78, 5) is 16.7. The first-order chi connectivity index (χ1) is 9.84. The van der Waals surface area contributed by atoms with E-state index in [0.717, 1.165) is 29.7 Å². The SMILES string of the molecule is O=C(c1ccc(-c2ccccn2)cc1)C1CCOCC1. The molecule has 0 aliphatic carbocycles. The van der Waals surface area contributed by atoms with Crippen LogP contribution in [0.1, 0.15) is 23.2 Å². The van der Waals surface area contributed by atoms with E-state index in [2.05, 4.69) is 4.98 Å². The Hall–Kier alpha value is -2.00. The molecule has 0 bridgehead atoms. The summed E-state index contributed by atoms with van der Waals surface area (Å²) in [7, 11) is 0. The van der Waals surface area contributed by atoms with Crippen LogP contribution in [0.3, 0.4) is 0 Å². The van der Waals surface area contributed by atoms with Gasteiger partial charge in [-0.25, -0.2) is 0 Å². The summed E-state index contributed by atoms with van der Waals surface area (Å²) in [5, 5.41) is 0. The van der Waals surface area contributed by atoms with Crippen molar-refractivity contribution >= 4 is 5.78 Å². The average Bonchev–Trinajstić information content (AvgIpc) is 2.56. The van der Waals surface area contributed by atoms with E-state index in [0.29, 0.717) is 13.2 Å². The van der Waals surface area contributed by atoms with Crippen LogP contribution < -0.4 is 0 Å². The number of ether oxygens (including phenoxy) is 1. The van der Waals surface area contributed by atoms with E-state index in [1.165, 1.54) is 0 Å². The Morgan fingerprint density at radius 1 is 1.05 bits per heavy atom. The fraction of sp³-hybridized carbons (Fsp3) is 0.294. The molecule has 1 fully saturated rings. The quantitative estimate of drug-likeness (QED) is 0.800. The number of nitrogens with zero attached hydrogens (tertiary/aromatic N) is 1. The number of Topliss-reactive ketones (excluding diaryl/α,β-unsaturated/α-hetero) is 1. The zero-order valence-electron chi connectivity index (χ0n) is 11.3. The average molecular weight is 267 g/mol. The maximum atomic E-state index is 12.4. The second kappa shape index (κ2) is 5.97. The molecule has 0 N–H and O–H groups in total. The number of carbonyl (C=O) groups is 1. The van der Waals surface area contributed by atoms with Gasteiger partial charge in [0.15, 0.2) is 5.78 Å². The summed E-state index contributed by atoms with van der Waals surface area (Å²) in [6.07, 6.45) is 3.44. The zero-order valence-corrected chi connectivity index (χ0v) is 11.3. The van der Waals surface area contributed by atoms with Crippen molar-refractivity contribution in [3.63, 3.8) is 0 Å². The molecule has 1 aliphatic heterocycles. The Labute approximate surface area is 118 Å². The first-order valence-electron chi connectivity index (χ1n) is 6.98. The van der Waals surface area contributed by atoms with Gasteiger partial charge in [0.1, 0.15) is 0 Å². The molecule has 2 heterocycles. The number of hydrogen-bond donors (Lipinski definition) is 0. The molecule has 3 rings (SSSR count). The third kappa shape index (κ3) is 2.78. The number of pyridine rings is 1. The Kier molecular flexibility index (Phi) is 3.88. The Bertz CT molecular complexity index is 572. The van der Waals surface area contributed by atoms with Crippen LogP contribution in [0.15, 0.2) is 48.7 Å². The summed E-state index contributed by atoms with van der Waals surface area (Å²) in [6, 6.07) is 13.6. The third-order valence-corrected chi connectivity index (χ3v) is 3.72. The van der Waals surface area contributed by atoms with Crippen molar-refractivity contribution in [2.45, 2.75) is 12.8 Å². The number of carbonyl (C=O) groups excluding carboxylic acids is 1. The molecule has 102 valence electrons. The molecule has 1 aromatic heterocycles. The molecule has 3 heteroatoms. The topological polar surface area (TPSA) is 39.2 Å². The molecule has 2 aromatic rings. The number of benzene rings is 1. The fourth-order valence-corrected chi connectivity index (χ4v) is 2.53. The Morgan fingerprint density at radius 3 is 2.45 bits per heavy atom. The smallest absolute Gasteiger partial charge is 0.166 e. The van der Waals surface area contributed by atoms with Gasteiger partial charge in [0, 0.05) is 36.5 Å². The minimum atomic E-state index is 0.115. The van der Waals surface area contributed by atoms with Gasteiger partial charge in [-0.1, -0.05) is 30.3 Å². The molecule has 1 aromatic carbocycles. The molecule has 1 saturated heterocycles. The second-order valence-corrected chi connectivity index (χ2v) is 5.04. The van der Waals surface area contributed by atoms with E-state index in [9.17, 15) is 4.79 Å². The van der Waals surface area contributed by atoms with E-state index in [-0.39, 0.29) is 11.7 Å². The van der Waals surface area contributed by atoms with Gasteiger partial charge in [0.2, 0.25) is 0 Å². The molecule has 0 spiro atoms. The lowest BCUT2D eigenvalue weighted by Gasteiger charge is -2.20. The van der Waals surface area contributed by atoms with Crippen LogP contribution in [-0.4, -0.2) is 24.0 Å². The van der Waals surface area contributed by atoms with Crippen LogP contribution in [0, 0.1) is 5.92 Å². The van der Waals surface area contributed by atoms with Crippen LogP contribution in [0.4, 0.5) is 0 Å². The highest BCUT2D eigenvalue weighted by Crippen LogP contribution is 2.22. The van der Waals surface area contributed by atoms with E-state index >= 15 is 0 Å². The summed E-state index contributed by atoms with van der Waals surface area (Å²) in [5.41, 5.74) is 2.75. The van der Waals surface area contributed by atoms with Crippen LogP contribution in [0.2, 0.25) is 0 Å². The summed E-state index contributed by atoms with van der Waals surface area (Å²) in [6.45, 7) is 1.39. The van der Waals surface area contributed by atoms with E-state index < -0.39 is 0 Å². The molecular weight excluding hydrogens is 250 g/mol. The van der Waals surface area contributed by atoms with E-state index in [1.54, 1.807) is 6.20 Å². The summed E-state index contributed by atoms with van der Waals surface area (Å²) < 4.78 is 5.30. The van der Waals surface area contributed by atoms with Gasteiger partial charge in [-0.2, -0.15) is 0 Å². The third-order valence-electron chi connectivity index (χ3n) is 3.72. The summed E-state index contributed by atoms with van der Waals surface area (Å²) >= 11 is 0. The monoisotopic (exact) mass is 267 g/mol. The van der Waals surface area contributed by atoms with Crippen molar-refractivity contribution in [2.24, 2.45) is 5.92 Å². The predicted molar refractivity (Wildman–Crippen MR) is 77.5 cm³/mol. The maximum absolute atomic E-state index is 12.4. The van der Waals surface area contributed by atoms with E-state index in [1.807, 2.05) is 42.5 Å². The summed E-state index contributed by atoms with van der Waals surface area (Å²) in [5.74, 6) is 0.352. The highest BCUT2D eigenvalue weighted by molar-refractivity contribution is 5.98. The van der Waals surface area contributed by atoms with Crippen molar-refractivity contribution in [2.75, 3.05) is 13.2 Å². The van der Waals surface area contributed by atoms with Crippen molar-refractivity contribution < 1.29 is 9.53 Å². The standard InChI is InChI=1S/C17H17NO2/c19-17(15-8-11-20-12-9-15)14-6-4-13(5-7-14)16-3-1-2-10-18-16/h1-7,10,15H,8-9,11-12H2. The largest absolute Gasteiger partial charge is 0.381 e. The molecule has 3 nitrogen and oxygen atoms in total. The van der Waals surface area contributed by atoms with Crippen LogP contribution >= 0.6 is 0 Å². The molecule has 0 unspecified atom stereocenters. The van der Waals surface area contributed by atoms with Gasteiger partial charge in [-0.05, 0) is 25.0 Å². The van der Waals surface area contributed by atoms with Gasteiger partial charge < -0.3 is 4.74 Å². The molecule has 0 saturated carbocycles. The van der Waals surface area contributed by atoms with E-state index in [4.69, 9.17) is 4.74 Å². The minimum Gasteiger partial charge on any atom is -0.381 e. The van der Waals surface area contributed by atoms with Gasteiger partial charge in [0.25, 0.3) is 0 Å². The van der Waals surface area contributed by atoms with Gasteiger partial charge in [0.05, 0.1) is 5.69 Å². The van der Waals surface area contributed by atoms with Crippen molar-refractivity contribution in [1.82, 2.24) is 4.98 Å². The van der Waals surface area contributed by atoms with Crippen molar-refractivity contribution in [3.05, 3.63) is 54.2 Å². The Morgan fingerprint density at radius 2 is 1.80 bits per heavy atom. The highest BCUT2D eigenvalue weighted by atomic mass is 16.5. The lowest BCUT2D eigenvalue weighted by Crippen LogP contribution is -2.23. The fourth-order valence-electron chi connectivity index (χ4n) is 2.53. The lowest BCUT2D eigenvalue weighted by molar-refractivity contribution is 0.0545. The van der Waals surface area contributed by atoms with Crippen molar-refractivity contribution in [3.8, 4) is 11.3 Å². The molecular formula is C17H17NO2. The predicted octanol–water partition coefficient (Wildman–Crippen LogP) is 3.36. The van der Waals surface area contributed by atoms with Crippen molar-refractivity contribution in [1.29, 1.82) is 0 Å². The van der Waals surface area contributed by atoms with Crippen LogP contribution in [-0.2, 0) is 4.74 Å². The molecule has 1 aliphatic rings. The second-order valence-electron chi connectivity index (χ2n) is 5.04. The van der Waals surface area contributed by atoms with Gasteiger partial charge in [-0.3, -0.25) is 9.78 Å². The maximum Gasteiger partial charge on any atom is 0.166 e. The highest BCUT2D eigenvalue weighted by Gasteiger charge is 2.22. The molecule has 0 atom stereocenters. The number of aromatic nitrogens is 1. The molecule has 20 heavy (non-hydrogen) atoms. The van der Waals surface area contributed by atoms with Gasteiger partial charge >= 0.3 is 0 Å². The molecule has 0 radical (unpaired) electrons. The lowest BCUT2D eigenvalue weighted by atomic mass is 9.90. The van der Waals surface area contributed by atoms with Crippen LogP contribution in [0.5, 0.6) is 0 Å². The zero-order chi connectivity index (χ0) is 13.8. The number of ketones is 1. The Balaban J connectivity index is 1.77.